The van der Waals surface area contributed by atoms with E-state index in [1.54, 1.807) is 24.3 Å². The minimum atomic E-state index is -1.12. The highest BCUT2D eigenvalue weighted by molar-refractivity contribution is 5.96. The molecule has 0 saturated heterocycles. The first-order valence-corrected chi connectivity index (χ1v) is 9.32. The van der Waals surface area contributed by atoms with Crippen LogP contribution in [0.15, 0.2) is 36.8 Å². The van der Waals surface area contributed by atoms with Crippen LogP contribution < -0.4 is 5.32 Å². The third-order valence-electron chi connectivity index (χ3n) is 4.85. The monoisotopic (exact) mass is 381 g/mol. The van der Waals surface area contributed by atoms with E-state index in [0.29, 0.717) is 29.7 Å². The number of nitrogens with one attached hydrogen (secondary N) is 2. The molecule has 28 heavy (non-hydrogen) atoms. The summed E-state index contributed by atoms with van der Waals surface area (Å²) in [6, 6.07) is 5.52. The van der Waals surface area contributed by atoms with E-state index in [-0.39, 0.29) is 6.42 Å². The van der Waals surface area contributed by atoms with Crippen LogP contribution in [-0.2, 0) is 11.2 Å². The highest BCUT2D eigenvalue weighted by Gasteiger charge is 2.26. The second kappa shape index (κ2) is 8.72. The summed E-state index contributed by atoms with van der Waals surface area (Å²) in [5, 5.41) is 22.3. The molecule has 0 unspecified atom stereocenters. The fourth-order valence-electron chi connectivity index (χ4n) is 3.21. The Morgan fingerprint density at radius 2 is 1.93 bits per heavy atom. The number of amides is 1. The molecule has 0 spiro atoms. The van der Waals surface area contributed by atoms with E-state index in [2.05, 4.69) is 27.1 Å². The van der Waals surface area contributed by atoms with Crippen LogP contribution in [-0.4, -0.2) is 43.7 Å². The van der Waals surface area contributed by atoms with Crippen LogP contribution in [0.25, 0.3) is 0 Å². The van der Waals surface area contributed by atoms with E-state index in [1.807, 2.05) is 0 Å². The molecular formula is C21H23N3O4. The second-order valence-electron chi connectivity index (χ2n) is 7.06. The van der Waals surface area contributed by atoms with Crippen molar-refractivity contribution in [3.63, 3.8) is 0 Å². The Balaban J connectivity index is 1.63. The van der Waals surface area contributed by atoms with Crippen LogP contribution in [0.2, 0.25) is 0 Å². The predicted molar refractivity (Wildman–Crippen MR) is 103 cm³/mol. The van der Waals surface area contributed by atoms with E-state index in [9.17, 15) is 19.8 Å². The highest BCUT2D eigenvalue weighted by Crippen LogP contribution is 2.27. The molecule has 1 atom stereocenters. The number of carbonyl (C=O) groups is 2. The number of aliphatic hydroxyl groups is 1. The Morgan fingerprint density at radius 1 is 1.21 bits per heavy atom. The lowest BCUT2D eigenvalue weighted by Crippen LogP contribution is -2.42. The van der Waals surface area contributed by atoms with Crippen molar-refractivity contribution in [1.82, 2.24) is 15.3 Å². The molecule has 146 valence electrons. The zero-order valence-electron chi connectivity index (χ0n) is 15.4. The Bertz CT molecular complexity index is 873. The van der Waals surface area contributed by atoms with Gasteiger partial charge in [-0.05, 0) is 49.9 Å². The molecule has 1 aliphatic rings. The molecule has 1 fully saturated rings. The number of imidazole rings is 1. The number of hydrogen-bond donors (Lipinski definition) is 4. The molecule has 7 nitrogen and oxygen atoms in total. The van der Waals surface area contributed by atoms with Crippen LogP contribution in [0.4, 0.5) is 0 Å². The van der Waals surface area contributed by atoms with E-state index >= 15 is 0 Å². The number of carbonyl (C=O) groups excluding carboxylic acids is 1. The summed E-state index contributed by atoms with van der Waals surface area (Å²) in [5.74, 6) is 4.33. The Kier molecular flexibility index (Phi) is 6.12. The molecule has 1 aromatic heterocycles. The van der Waals surface area contributed by atoms with Gasteiger partial charge in [-0.15, -0.1) is 0 Å². The maximum absolute atomic E-state index is 12.4. The number of rotatable bonds is 5. The summed E-state index contributed by atoms with van der Waals surface area (Å²) in [6.07, 6.45) is 7.56. The lowest BCUT2D eigenvalue weighted by atomic mass is 9.85. The quantitative estimate of drug-likeness (QED) is 0.590. The SMILES string of the molecule is O=C(N[C@@H](Cc1cnc[nH]1)C(=O)O)c1ccc(C#CC2(O)CCCCC2)cc1. The van der Waals surface area contributed by atoms with Crippen molar-refractivity contribution in [3.05, 3.63) is 53.6 Å². The van der Waals surface area contributed by atoms with Crippen LogP contribution in [0.3, 0.4) is 0 Å². The number of aromatic nitrogens is 2. The summed E-state index contributed by atoms with van der Waals surface area (Å²) >= 11 is 0. The smallest absolute Gasteiger partial charge is 0.326 e. The fourth-order valence-corrected chi connectivity index (χ4v) is 3.21. The largest absolute Gasteiger partial charge is 0.480 e. The highest BCUT2D eigenvalue weighted by atomic mass is 16.4. The van der Waals surface area contributed by atoms with Gasteiger partial charge in [0.05, 0.1) is 6.33 Å². The Morgan fingerprint density at radius 3 is 2.54 bits per heavy atom. The first-order chi connectivity index (χ1) is 13.5. The molecule has 0 bridgehead atoms. The van der Waals surface area contributed by atoms with Crippen LogP contribution in [0.1, 0.15) is 53.7 Å². The van der Waals surface area contributed by atoms with Gasteiger partial charge in [-0.2, -0.15) is 0 Å². The number of hydrogen-bond acceptors (Lipinski definition) is 4. The van der Waals surface area contributed by atoms with Crippen molar-refractivity contribution in [2.75, 3.05) is 0 Å². The van der Waals surface area contributed by atoms with Gasteiger partial charge < -0.3 is 20.5 Å². The van der Waals surface area contributed by atoms with Crippen LogP contribution in [0.5, 0.6) is 0 Å². The van der Waals surface area contributed by atoms with Gasteiger partial charge in [-0.3, -0.25) is 4.79 Å². The maximum Gasteiger partial charge on any atom is 0.326 e. The van der Waals surface area contributed by atoms with Crippen molar-refractivity contribution in [3.8, 4) is 11.8 Å². The molecule has 1 heterocycles. The number of aromatic amines is 1. The number of carboxylic acids is 1. The molecule has 4 N–H and O–H groups in total. The maximum atomic E-state index is 12.4. The standard InChI is InChI=1S/C21H23N3O4/c25-19(24-18(20(26)27)12-17-13-22-14-23-17)16-6-4-15(5-7-16)8-11-21(28)9-2-1-3-10-21/h4-7,13-14,18,28H,1-3,9-10,12H2,(H,22,23)(H,24,25)(H,26,27)/t18-/m0/s1. The summed E-state index contributed by atoms with van der Waals surface area (Å²) in [6.45, 7) is 0. The lowest BCUT2D eigenvalue weighted by molar-refractivity contribution is -0.139. The Hall–Kier alpha value is -3.11. The number of aliphatic carboxylic acids is 1. The minimum absolute atomic E-state index is 0.114. The average Bonchev–Trinajstić information content (AvgIpc) is 3.20. The third kappa shape index (κ3) is 5.21. The molecular weight excluding hydrogens is 358 g/mol. The van der Waals surface area contributed by atoms with Crippen LogP contribution >= 0.6 is 0 Å². The zero-order chi connectivity index (χ0) is 20.0. The van der Waals surface area contributed by atoms with Gasteiger partial charge in [-0.25, -0.2) is 9.78 Å². The summed E-state index contributed by atoms with van der Waals surface area (Å²) in [7, 11) is 0. The van der Waals surface area contributed by atoms with Crippen LogP contribution in [0, 0.1) is 11.8 Å². The molecule has 0 radical (unpaired) electrons. The number of carboxylic acid groups (broad SMARTS) is 1. The number of nitrogens with zero attached hydrogens (tertiary/aromatic N) is 1. The van der Waals surface area contributed by atoms with Gasteiger partial charge in [-0.1, -0.05) is 18.3 Å². The van der Waals surface area contributed by atoms with Crippen molar-refractivity contribution in [1.29, 1.82) is 0 Å². The van der Waals surface area contributed by atoms with Crippen molar-refractivity contribution in [2.24, 2.45) is 0 Å². The molecule has 1 aromatic carbocycles. The van der Waals surface area contributed by atoms with Crippen molar-refractivity contribution < 1.29 is 19.8 Å². The second-order valence-corrected chi connectivity index (χ2v) is 7.06. The normalized spacial score (nSPS) is 16.5. The van der Waals surface area contributed by atoms with Gasteiger partial charge >= 0.3 is 5.97 Å². The summed E-state index contributed by atoms with van der Waals surface area (Å²) in [5.41, 5.74) is 0.745. The molecule has 0 aliphatic heterocycles. The first-order valence-electron chi connectivity index (χ1n) is 9.32. The molecule has 1 saturated carbocycles. The predicted octanol–water partition coefficient (Wildman–Crippen LogP) is 1.88. The first kappa shape index (κ1) is 19.6. The van der Waals surface area contributed by atoms with Gasteiger partial charge in [0, 0.05) is 29.4 Å². The van der Waals surface area contributed by atoms with Gasteiger partial charge in [0.25, 0.3) is 5.91 Å². The molecule has 1 amide bonds. The van der Waals surface area contributed by atoms with Gasteiger partial charge in [0.15, 0.2) is 0 Å². The Labute approximate surface area is 163 Å². The van der Waals surface area contributed by atoms with Crippen molar-refractivity contribution in [2.45, 2.75) is 50.2 Å². The minimum Gasteiger partial charge on any atom is -0.480 e. The third-order valence-corrected chi connectivity index (χ3v) is 4.85. The van der Waals surface area contributed by atoms with Gasteiger partial charge in [0.1, 0.15) is 11.6 Å². The summed E-state index contributed by atoms with van der Waals surface area (Å²) < 4.78 is 0. The lowest BCUT2D eigenvalue weighted by Gasteiger charge is -2.26. The molecule has 3 rings (SSSR count). The van der Waals surface area contributed by atoms with E-state index in [0.717, 1.165) is 19.3 Å². The van der Waals surface area contributed by atoms with E-state index in [4.69, 9.17) is 0 Å². The van der Waals surface area contributed by atoms with E-state index in [1.165, 1.54) is 12.5 Å². The zero-order valence-corrected chi connectivity index (χ0v) is 15.4. The fraction of sp³-hybridized carbons (Fsp3) is 0.381. The average molecular weight is 381 g/mol. The molecule has 1 aliphatic carbocycles. The van der Waals surface area contributed by atoms with E-state index < -0.39 is 23.5 Å². The molecule has 7 heteroatoms. The van der Waals surface area contributed by atoms with Crippen molar-refractivity contribution >= 4 is 11.9 Å². The summed E-state index contributed by atoms with van der Waals surface area (Å²) in [4.78, 5) is 30.5. The molecule has 2 aromatic rings. The number of H-pyrrole nitrogens is 1. The topological polar surface area (TPSA) is 115 Å². The number of benzene rings is 1. The van der Waals surface area contributed by atoms with Gasteiger partial charge in [0.2, 0.25) is 0 Å².